The van der Waals surface area contributed by atoms with Crippen molar-refractivity contribution < 1.29 is 17.2 Å². The fourth-order valence-corrected chi connectivity index (χ4v) is 4.14. The van der Waals surface area contributed by atoms with Crippen molar-refractivity contribution in [2.24, 2.45) is 0 Å². The quantitative estimate of drug-likeness (QED) is 0.828. The van der Waals surface area contributed by atoms with Gasteiger partial charge in [-0.2, -0.15) is 0 Å². The highest BCUT2D eigenvalue weighted by Gasteiger charge is 2.27. The van der Waals surface area contributed by atoms with E-state index in [9.17, 15) is 17.2 Å². The summed E-state index contributed by atoms with van der Waals surface area (Å²) in [5.41, 5.74) is 0.782. The topological polar surface area (TPSA) is 50.3 Å². The van der Waals surface area contributed by atoms with Crippen LogP contribution in [0.3, 0.4) is 0 Å². The molecule has 0 bridgehead atoms. The molecule has 22 heavy (non-hydrogen) atoms. The van der Waals surface area contributed by atoms with Crippen molar-refractivity contribution in [2.45, 2.75) is 31.1 Å². The number of thiazole rings is 1. The second-order valence-electron chi connectivity index (χ2n) is 4.91. The molecule has 120 valence electrons. The Balaban J connectivity index is 2.41. The zero-order chi connectivity index (χ0) is 16.5. The van der Waals surface area contributed by atoms with Crippen LogP contribution in [-0.2, 0) is 10.0 Å². The largest absolute Gasteiger partial charge is 0.268 e. The number of aromatic nitrogens is 1. The smallest absolute Gasteiger partial charge is 0.244 e. The summed E-state index contributed by atoms with van der Waals surface area (Å²) in [6.07, 6.45) is 0.873. The minimum Gasteiger partial charge on any atom is -0.244 e. The maximum atomic E-state index is 13.7. The highest BCUT2D eigenvalue weighted by molar-refractivity contribution is 7.93. The van der Waals surface area contributed by atoms with E-state index in [1.165, 1.54) is 7.05 Å². The van der Waals surface area contributed by atoms with Gasteiger partial charge in [-0.3, -0.25) is 0 Å². The molecular formula is C14H16F2N2O2S2. The van der Waals surface area contributed by atoms with Crippen molar-refractivity contribution in [1.82, 2.24) is 4.98 Å². The number of halogens is 2. The van der Waals surface area contributed by atoms with Crippen molar-refractivity contribution in [3.8, 4) is 0 Å². The lowest BCUT2D eigenvalue weighted by Crippen LogP contribution is -2.27. The lowest BCUT2D eigenvalue weighted by Gasteiger charge is -2.17. The van der Waals surface area contributed by atoms with Crippen molar-refractivity contribution in [3.05, 3.63) is 40.9 Å². The van der Waals surface area contributed by atoms with Gasteiger partial charge in [-0.25, -0.2) is 26.5 Å². The van der Waals surface area contributed by atoms with Crippen LogP contribution < -0.4 is 4.31 Å². The zero-order valence-electron chi connectivity index (χ0n) is 12.4. The Bertz CT molecular complexity index is 775. The number of rotatable bonds is 5. The molecular weight excluding hydrogens is 330 g/mol. The number of benzene rings is 1. The van der Waals surface area contributed by atoms with Gasteiger partial charge in [0.1, 0.15) is 16.5 Å². The van der Waals surface area contributed by atoms with Crippen LogP contribution in [0.25, 0.3) is 0 Å². The normalized spacial score (nSPS) is 13.1. The molecule has 0 aliphatic rings. The molecule has 0 saturated heterocycles. The van der Waals surface area contributed by atoms with E-state index in [2.05, 4.69) is 4.98 Å². The summed E-state index contributed by atoms with van der Waals surface area (Å²) >= 11 is 1.15. The van der Waals surface area contributed by atoms with Gasteiger partial charge in [0.15, 0.2) is 5.13 Å². The highest BCUT2D eigenvalue weighted by atomic mass is 32.2. The SMILES string of the molecule is CCC(C)c1csc(N(C)S(=O)(=O)c2cc(F)ccc2F)n1. The van der Waals surface area contributed by atoms with Crippen molar-refractivity contribution in [3.63, 3.8) is 0 Å². The predicted molar refractivity (Wildman–Crippen MR) is 82.8 cm³/mol. The maximum Gasteiger partial charge on any atom is 0.268 e. The van der Waals surface area contributed by atoms with Crippen LogP contribution in [0.2, 0.25) is 0 Å². The van der Waals surface area contributed by atoms with Gasteiger partial charge < -0.3 is 0 Å². The summed E-state index contributed by atoms with van der Waals surface area (Å²) in [6, 6.07) is 2.34. The van der Waals surface area contributed by atoms with Crippen LogP contribution in [0.5, 0.6) is 0 Å². The van der Waals surface area contributed by atoms with Gasteiger partial charge in [-0.05, 0) is 30.5 Å². The van der Waals surface area contributed by atoms with Gasteiger partial charge in [0, 0.05) is 12.4 Å². The van der Waals surface area contributed by atoms with E-state index in [-0.39, 0.29) is 11.0 Å². The molecule has 0 aliphatic heterocycles. The van der Waals surface area contributed by atoms with E-state index in [1.54, 1.807) is 5.38 Å². The Morgan fingerprint density at radius 1 is 1.36 bits per heavy atom. The Labute approximate surface area is 132 Å². The summed E-state index contributed by atoms with van der Waals surface area (Å²) in [5, 5.41) is 2.00. The molecule has 8 heteroatoms. The Morgan fingerprint density at radius 3 is 2.68 bits per heavy atom. The van der Waals surface area contributed by atoms with Crippen LogP contribution in [0, 0.1) is 11.6 Å². The van der Waals surface area contributed by atoms with E-state index in [4.69, 9.17) is 0 Å². The van der Waals surface area contributed by atoms with E-state index in [0.29, 0.717) is 6.07 Å². The molecule has 1 unspecified atom stereocenters. The molecule has 0 saturated carbocycles. The number of hydrogen-bond donors (Lipinski definition) is 0. The summed E-state index contributed by atoms with van der Waals surface area (Å²) in [5.74, 6) is -1.60. The monoisotopic (exact) mass is 346 g/mol. The fraction of sp³-hybridized carbons (Fsp3) is 0.357. The lowest BCUT2D eigenvalue weighted by atomic mass is 10.1. The molecule has 1 atom stereocenters. The van der Waals surface area contributed by atoms with Gasteiger partial charge >= 0.3 is 0 Å². The number of sulfonamides is 1. The van der Waals surface area contributed by atoms with Crippen LogP contribution >= 0.6 is 11.3 Å². The molecule has 2 aromatic rings. The van der Waals surface area contributed by atoms with Gasteiger partial charge in [-0.1, -0.05) is 13.8 Å². The minimum absolute atomic E-state index is 0.201. The highest BCUT2D eigenvalue weighted by Crippen LogP contribution is 2.30. The van der Waals surface area contributed by atoms with Crippen LogP contribution in [0.4, 0.5) is 13.9 Å². The third-order valence-electron chi connectivity index (χ3n) is 3.43. The van der Waals surface area contributed by atoms with E-state index >= 15 is 0 Å². The molecule has 4 nitrogen and oxygen atoms in total. The lowest BCUT2D eigenvalue weighted by molar-refractivity contribution is 0.552. The summed E-state index contributed by atoms with van der Waals surface area (Å²) in [6.45, 7) is 3.99. The first-order chi connectivity index (χ1) is 10.3. The first-order valence-corrected chi connectivity index (χ1v) is 8.98. The van der Waals surface area contributed by atoms with Crippen molar-refractivity contribution in [1.29, 1.82) is 0 Å². The average molecular weight is 346 g/mol. The second-order valence-corrected chi connectivity index (χ2v) is 7.69. The molecule has 1 aromatic heterocycles. The van der Waals surface area contributed by atoms with Crippen LogP contribution in [-0.4, -0.2) is 20.4 Å². The molecule has 1 aromatic carbocycles. The second kappa shape index (κ2) is 6.29. The van der Waals surface area contributed by atoms with Crippen molar-refractivity contribution >= 4 is 26.5 Å². The summed E-state index contributed by atoms with van der Waals surface area (Å²) in [7, 11) is -2.92. The Hall–Kier alpha value is -1.54. The summed E-state index contributed by atoms with van der Waals surface area (Å²) in [4.78, 5) is 3.58. The zero-order valence-corrected chi connectivity index (χ0v) is 14.0. The molecule has 0 radical (unpaired) electrons. The van der Waals surface area contributed by atoms with E-state index in [1.807, 2.05) is 13.8 Å². The molecule has 0 spiro atoms. The number of hydrogen-bond acceptors (Lipinski definition) is 4. The Kier molecular flexibility index (Phi) is 4.81. The van der Waals surface area contributed by atoms with Gasteiger partial charge in [0.25, 0.3) is 10.0 Å². The maximum absolute atomic E-state index is 13.7. The van der Waals surface area contributed by atoms with Crippen molar-refractivity contribution in [2.75, 3.05) is 11.4 Å². The molecule has 0 fully saturated rings. The number of anilines is 1. The Morgan fingerprint density at radius 2 is 2.05 bits per heavy atom. The van der Waals surface area contributed by atoms with Gasteiger partial charge in [0.2, 0.25) is 0 Å². The molecule has 2 rings (SSSR count). The number of nitrogens with zero attached hydrogens (tertiary/aromatic N) is 2. The first-order valence-electron chi connectivity index (χ1n) is 6.66. The molecule has 0 amide bonds. The third-order valence-corrected chi connectivity index (χ3v) is 6.24. The predicted octanol–water partition coefficient (Wildman–Crippen LogP) is 3.76. The van der Waals surface area contributed by atoms with Gasteiger partial charge in [0.05, 0.1) is 5.69 Å². The minimum atomic E-state index is -4.20. The van der Waals surface area contributed by atoms with Gasteiger partial charge in [-0.15, -0.1) is 11.3 Å². The third kappa shape index (κ3) is 3.12. The van der Waals surface area contributed by atoms with Crippen LogP contribution in [0.15, 0.2) is 28.5 Å². The molecule has 1 heterocycles. The molecule has 0 N–H and O–H groups in total. The average Bonchev–Trinajstić information content (AvgIpc) is 2.97. The molecule has 0 aliphatic carbocycles. The van der Waals surface area contributed by atoms with E-state index < -0.39 is 26.6 Å². The van der Waals surface area contributed by atoms with Crippen LogP contribution in [0.1, 0.15) is 31.9 Å². The fourth-order valence-electron chi connectivity index (χ4n) is 1.78. The first kappa shape index (κ1) is 16.8. The summed E-state index contributed by atoms with van der Waals surface area (Å²) < 4.78 is 52.7. The standard InChI is InChI=1S/C14H16F2N2O2S2/c1-4-9(2)12-8-21-14(17-12)18(3)22(19,20)13-7-10(15)5-6-11(13)16/h5-9H,4H2,1-3H3. The van der Waals surface area contributed by atoms with E-state index in [0.717, 1.165) is 39.9 Å².